The van der Waals surface area contributed by atoms with Gasteiger partial charge in [0.1, 0.15) is 5.60 Å². The Hall–Kier alpha value is -2.38. The normalized spacial score (nSPS) is 15.2. The van der Waals surface area contributed by atoms with Crippen LogP contribution in [0.3, 0.4) is 0 Å². The number of nitrogens with zero attached hydrogens (tertiary/aromatic N) is 4. The van der Waals surface area contributed by atoms with Crippen LogP contribution in [0.2, 0.25) is 0 Å². The summed E-state index contributed by atoms with van der Waals surface area (Å²) in [5.74, 6) is -0.00191. The summed E-state index contributed by atoms with van der Waals surface area (Å²) in [6.07, 6.45) is 1.22. The van der Waals surface area contributed by atoms with E-state index in [4.69, 9.17) is 9.47 Å². The summed E-state index contributed by atoms with van der Waals surface area (Å²) in [7, 11) is 0. The van der Waals surface area contributed by atoms with Crippen molar-refractivity contribution in [2.24, 2.45) is 0 Å². The summed E-state index contributed by atoms with van der Waals surface area (Å²) >= 11 is 0. The number of esters is 1. The van der Waals surface area contributed by atoms with Crippen LogP contribution in [0, 0.1) is 0 Å². The molecule has 0 aromatic carbocycles. The SMILES string of the molecule is CCOC(=O)c1ccnc(N2CCN(C(=O)OC(C)(C)C)CC2)n1. The van der Waals surface area contributed by atoms with Crippen LogP contribution in [-0.4, -0.2) is 65.3 Å². The molecule has 0 bridgehead atoms. The Bertz CT molecular complexity index is 592. The van der Waals surface area contributed by atoms with Crippen LogP contribution >= 0.6 is 0 Å². The summed E-state index contributed by atoms with van der Waals surface area (Å²) in [6.45, 7) is 9.76. The second kappa shape index (κ2) is 7.46. The molecule has 24 heavy (non-hydrogen) atoms. The van der Waals surface area contributed by atoms with E-state index in [1.165, 1.54) is 12.3 Å². The number of carbonyl (C=O) groups excluding carboxylic acids is 2. The topological polar surface area (TPSA) is 84.9 Å². The van der Waals surface area contributed by atoms with E-state index in [9.17, 15) is 9.59 Å². The van der Waals surface area contributed by atoms with Crippen LogP contribution in [0.4, 0.5) is 10.7 Å². The second-order valence-electron chi connectivity index (χ2n) is 6.42. The van der Waals surface area contributed by atoms with Crippen LogP contribution in [-0.2, 0) is 9.47 Å². The Balaban J connectivity index is 1.96. The van der Waals surface area contributed by atoms with Crippen LogP contribution in [0.15, 0.2) is 12.3 Å². The minimum atomic E-state index is -0.509. The average molecular weight is 336 g/mol. The van der Waals surface area contributed by atoms with Crippen LogP contribution in [0.25, 0.3) is 0 Å². The van der Waals surface area contributed by atoms with Gasteiger partial charge in [-0.25, -0.2) is 19.6 Å². The minimum Gasteiger partial charge on any atom is -0.461 e. The van der Waals surface area contributed by atoms with Crippen molar-refractivity contribution < 1.29 is 19.1 Å². The highest BCUT2D eigenvalue weighted by molar-refractivity contribution is 5.87. The van der Waals surface area contributed by atoms with Gasteiger partial charge in [0, 0.05) is 32.4 Å². The maximum atomic E-state index is 12.1. The summed E-state index contributed by atoms with van der Waals surface area (Å²) in [4.78, 5) is 35.9. The zero-order valence-electron chi connectivity index (χ0n) is 14.6. The lowest BCUT2D eigenvalue weighted by molar-refractivity contribution is 0.0240. The molecule has 2 rings (SSSR count). The Kier molecular flexibility index (Phi) is 5.58. The largest absolute Gasteiger partial charge is 0.461 e. The Morgan fingerprint density at radius 1 is 1.21 bits per heavy atom. The number of rotatable bonds is 3. The predicted octanol–water partition coefficient (Wildman–Crippen LogP) is 1.71. The van der Waals surface area contributed by atoms with Gasteiger partial charge in [-0.15, -0.1) is 0 Å². The van der Waals surface area contributed by atoms with Crippen molar-refractivity contribution in [3.05, 3.63) is 18.0 Å². The molecule has 0 unspecified atom stereocenters. The fraction of sp³-hybridized carbons (Fsp3) is 0.625. The van der Waals surface area contributed by atoms with E-state index in [0.29, 0.717) is 38.7 Å². The lowest BCUT2D eigenvalue weighted by Gasteiger charge is -2.35. The predicted molar refractivity (Wildman–Crippen MR) is 88.0 cm³/mol. The van der Waals surface area contributed by atoms with E-state index >= 15 is 0 Å². The van der Waals surface area contributed by atoms with Crippen molar-refractivity contribution in [2.75, 3.05) is 37.7 Å². The number of piperazine rings is 1. The Labute approximate surface area is 141 Å². The Morgan fingerprint density at radius 3 is 2.46 bits per heavy atom. The number of anilines is 1. The molecular weight excluding hydrogens is 312 g/mol. The van der Waals surface area contributed by atoms with E-state index in [1.807, 2.05) is 25.7 Å². The summed E-state index contributed by atoms with van der Waals surface area (Å²) in [6, 6.07) is 1.53. The molecule has 1 aromatic rings. The maximum absolute atomic E-state index is 12.1. The monoisotopic (exact) mass is 336 g/mol. The van der Waals surface area contributed by atoms with E-state index in [0.717, 1.165) is 0 Å². The number of hydrogen-bond donors (Lipinski definition) is 0. The molecule has 1 saturated heterocycles. The highest BCUT2D eigenvalue weighted by Gasteiger charge is 2.27. The van der Waals surface area contributed by atoms with Gasteiger partial charge in [-0.2, -0.15) is 0 Å². The first-order valence-corrected chi connectivity index (χ1v) is 8.03. The first kappa shape index (κ1) is 18.0. The van der Waals surface area contributed by atoms with E-state index in [2.05, 4.69) is 9.97 Å². The highest BCUT2D eigenvalue weighted by Crippen LogP contribution is 2.15. The number of amides is 1. The molecular formula is C16H24N4O4. The van der Waals surface area contributed by atoms with Gasteiger partial charge >= 0.3 is 12.1 Å². The molecule has 1 aromatic heterocycles. The third-order valence-electron chi connectivity index (χ3n) is 3.34. The quantitative estimate of drug-likeness (QED) is 0.777. The fourth-order valence-corrected chi connectivity index (χ4v) is 2.23. The van der Waals surface area contributed by atoms with Crippen LogP contribution < -0.4 is 4.90 Å². The van der Waals surface area contributed by atoms with E-state index in [1.54, 1.807) is 11.8 Å². The first-order chi connectivity index (χ1) is 11.3. The summed E-state index contributed by atoms with van der Waals surface area (Å²) in [5, 5.41) is 0. The first-order valence-electron chi connectivity index (χ1n) is 8.03. The second-order valence-corrected chi connectivity index (χ2v) is 6.42. The van der Waals surface area contributed by atoms with Gasteiger partial charge in [0.15, 0.2) is 5.69 Å². The number of ether oxygens (including phenoxy) is 2. The minimum absolute atomic E-state index is 0.233. The Morgan fingerprint density at radius 2 is 1.88 bits per heavy atom. The standard InChI is InChI=1S/C16H24N4O4/c1-5-23-13(21)12-6-7-17-14(18-12)19-8-10-20(11-9-19)15(22)24-16(2,3)4/h6-7H,5,8-11H2,1-4H3. The molecule has 0 spiro atoms. The molecule has 0 N–H and O–H groups in total. The average Bonchev–Trinajstić information content (AvgIpc) is 2.54. The number of aromatic nitrogens is 2. The van der Waals surface area contributed by atoms with Gasteiger partial charge in [0.2, 0.25) is 5.95 Å². The van der Waals surface area contributed by atoms with E-state index < -0.39 is 11.6 Å². The number of hydrogen-bond acceptors (Lipinski definition) is 7. The zero-order valence-corrected chi connectivity index (χ0v) is 14.6. The van der Waals surface area contributed by atoms with E-state index in [-0.39, 0.29) is 11.8 Å². The fourth-order valence-electron chi connectivity index (χ4n) is 2.23. The van der Waals surface area contributed by atoms with Crippen LogP contribution in [0.5, 0.6) is 0 Å². The smallest absolute Gasteiger partial charge is 0.410 e. The van der Waals surface area contributed by atoms with Gasteiger partial charge in [0.25, 0.3) is 0 Å². The van der Waals surface area contributed by atoms with Gasteiger partial charge in [0.05, 0.1) is 6.61 Å². The van der Waals surface area contributed by atoms with Crippen molar-refractivity contribution in [2.45, 2.75) is 33.3 Å². The third-order valence-corrected chi connectivity index (χ3v) is 3.34. The van der Waals surface area contributed by atoms with Gasteiger partial charge in [-0.3, -0.25) is 0 Å². The zero-order chi connectivity index (χ0) is 17.7. The molecule has 0 radical (unpaired) electrons. The molecule has 132 valence electrons. The van der Waals surface area contributed by atoms with Gasteiger partial charge < -0.3 is 19.3 Å². The molecule has 0 aliphatic carbocycles. The summed E-state index contributed by atoms with van der Waals surface area (Å²) < 4.78 is 10.3. The molecule has 0 saturated carbocycles. The molecule has 2 heterocycles. The molecule has 8 nitrogen and oxygen atoms in total. The number of carbonyl (C=O) groups is 2. The maximum Gasteiger partial charge on any atom is 0.410 e. The molecule has 8 heteroatoms. The van der Waals surface area contributed by atoms with Crippen molar-refractivity contribution in [1.82, 2.24) is 14.9 Å². The third kappa shape index (κ3) is 4.81. The molecule has 1 aliphatic heterocycles. The van der Waals surface area contributed by atoms with Crippen molar-refractivity contribution in [1.29, 1.82) is 0 Å². The molecule has 1 fully saturated rings. The molecule has 0 atom stereocenters. The van der Waals surface area contributed by atoms with Crippen molar-refractivity contribution >= 4 is 18.0 Å². The summed E-state index contributed by atoms with van der Waals surface area (Å²) in [5.41, 5.74) is -0.276. The van der Waals surface area contributed by atoms with Crippen molar-refractivity contribution in [3.8, 4) is 0 Å². The molecule has 1 amide bonds. The highest BCUT2D eigenvalue weighted by atomic mass is 16.6. The lowest BCUT2D eigenvalue weighted by atomic mass is 10.2. The van der Waals surface area contributed by atoms with Crippen LogP contribution in [0.1, 0.15) is 38.2 Å². The van der Waals surface area contributed by atoms with Gasteiger partial charge in [-0.1, -0.05) is 0 Å². The van der Waals surface area contributed by atoms with Gasteiger partial charge in [-0.05, 0) is 33.8 Å². The molecule has 1 aliphatic rings. The van der Waals surface area contributed by atoms with Crippen molar-refractivity contribution in [3.63, 3.8) is 0 Å². The lowest BCUT2D eigenvalue weighted by Crippen LogP contribution is -2.50.